The van der Waals surface area contributed by atoms with Crippen molar-refractivity contribution >= 4 is 34.1 Å². The van der Waals surface area contributed by atoms with Crippen LogP contribution in [0.5, 0.6) is 0 Å². The number of rotatable bonds is 2. The second kappa shape index (κ2) is 4.19. The number of amides is 1. The third-order valence-corrected chi connectivity index (χ3v) is 2.86. The molecule has 3 rings (SSSR count). The summed E-state index contributed by atoms with van der Waals surface area (Å²) in [7, 11) is 0. The van der Waals surface area contributed by atoms with Gasteiger partial charge in [0.05, 0.1) is 23.5 Å². The first kappa shape index (κ1) is 10.9. The summed E-state index contributed by atoms with van der Waals surface area (Å²) in [5.74, 6) is -0.312. The average molecular weight is 262 g/mol. The van der Waals surface area contributed by atoms with Crippen molar-refractivity contribution in [1.82, 2.24) is 10.2 Å². The van der Waals surface area contributed by atoms with Crippen LogP contribution in [0.1, 0.15) is 10.4 Å². The average Bonchev–Trinajstić information content (AvgIpc) is 2.96. The van der Waals surface area contributed by atoms with Gasteiger partial charge in [0.15, 0.2) is 0 Å². The SMILES string of the molecule is O=C(Nc1ccc2cn[nH]c2c1)c1ccoc1Cl. The van der Waals surface area contributed by atoms with E-state index in [1.807, 2.05) is 6.07 Å². The van der Waals surface area contributed by atoms with Crippen molar-refractivity contribution in [3.63, 3.8) is 0 Å². The van der Waals surface area contributed by atoms with Crippen LogP contribution >= 0.6 is 11.6 Å². The number of carbonyl (C=O) groups excluding carboxylic acids is 1. The van der Waals surface area contributed by atoms with Gasteiger partial charge in [0.1, 0.15) is 0 Å². The first-order valence-corrected chi connectivity index (χ1v) is 5.59. The number of aromatic amines is 1. The molecule has 0 unspecified atom stereocenters. The molecule has 2 aromatic heterocycles. The zero-order valence-electron chi connectivity index (χ0n) is 9.11. The predicted octanol–water partition coefficient (Wildman–Crippen LogP) is 3.06. The van der Waals surface area contributed by atoms with Crippen LogP contribution in [-0.4, -0.2) is 16.1 Å². The molecule has 0 atom stereocenters. The molecule has 0 radical (unpaired) electrons. The Morgan fingerprint density at radius 1 is 1.39 bits per heavy atom. The third-order valence-electron chi connectivity index (χ3n) is 2.56. The fraction of sp³-hybridized carbons (Fsp3) is 0. The van der Waals surface area contributed by atoms with Gasteiger partial charge >= 0.3 is 0 Å². The van der Waals surface area contributed by atoms with E-state index in [9.17, 15) is 4.79 Å². The van der Waals surface area contributed by atoms with Gasteiger partial charge in [-0.1, -0.05) is 0 Å². The largest absolute Gasteiger partial charge is 0.452 e. The molecule has 2 N–H and O–H groups in total. The highest BCUT2D eigenvalue weighted by atomic mass is 35.5. The number of furan rings is 1. The second-order valence-corrected chi connectivity index (χ2v) is 4.08. The van der Waals surface area contributed by atoms with Crippen molar-refractivity contribution in [1.29, 1.82) is 0 Å². The standard InChI is InChI=1S/C12H8ClN3O2/c13-11-9(3-4-18-11)12(17)15-8-2-1-7-6-14-16-10(7)5-8/h1-6H,(H,14,16)(H,15,17). The monoisotopic (exact) mass is 261 g/mol. The van der Waals surface area contributed by atoms with Crippen LogP contribution in [-0.2, 0) is 0 Å². The predicted molar refractivity (Wildman–Crippen MR) is 67.8 cm³/mol. The minimum atomic E-state index is -0.312. The van der Waals surface area contributed by atoms with Gasteiger partial charge in [0, 0.05) is 11.1 Å². The molecule has 90 valence electrons. The number of halogens is 1. The van der Waals surface area contributed by atoms with E-state index in [1.165, 1.54) is 12.3 Å². The molecule has 0 saturated heterocycles. The molecule has 3 aromatic rings. The summed E-state index contributed by atoms with van der Waals surface area (Å²) in [4.78, 5) is 11.9. The molecule has 0 aliphatic heterocycles. The van der Waals surface area contributed by atoms with Crippen LogP contribution in [0.4, 0.5) is 5.69 Å². The van der Waals surface area contributed by atoms with Crippen molar-refractivity contribution in [3.8, 4) is 0 Å². The quantitative estimate of drug-likeness (QED) is 0.745. The molecular weight excluding hydrogens is 254 g/mol. The molecule has 6 heteroatoms. The minimum Gasteiger partial charge on any atom is -0.452 e. The summed E-state index contributed by atoms with van der Waals surface area (Å²) in [6, 6.07) is 6.98. The van der Waals surface area contributed by atoms with E-state index in [-0.39, 0.29) is 11.1 Å². The number of hydrogen-bond donors (Lipinski definition) is 2. The summed E-state index contributed by atoms with van der Waals surface area (Å²) in [5, 5.41) is 10.5. The van der Waals surface area contributed by atoms with Crippen molar-refractivity contribution in [2.75, 3.05) is 5.32 Å². The van der Waals surface area contributed by atoms with Gasteiger partial charge in [-0.2, -0.15) is 5.10 Å². The zero-order chi connectivity index (χ0) is 12.5. The molecule has 0 aliphatic rings. The van der Waals surface area contributed by atoms with Gasteiger partial charge in [-0.25, -0.2) is 0 Å². The van der Waals surface area contributed by atoms with Gasteiger partial charge in [-0.05, 0) is 35.9 Å². The molecule has 0 fully saturated rings. The first-order valence-electron chi connectivity index (χ1n) is 5.21. The fourth-order valence-electron chi connectivity index (χ4n) is 1.67. The number of H-pyrrole nitrogens is 1. The van der Waals surface area contributed by atoms with Gasteiger partial charge in [-0.3, -0.25) is 9.89 Å². The topological polar surface area (TPSA) is 70.9 Å². The van der Waals surface area contributed by atoms with Gasteiger partial charge in [0.25, 0.3) is 5.91 Å². The Bertz CT molecular complexity index is 717. The number of nitrogens with zero attached hydrogens (tertiary/aromatic N) is 1. The summed E-state index contributed by atoms with van der Waals surface area (Å²) < 4.78 is 4.87. The Morgan fingerprint density at radius 3 is 3.06 bits per heavy atom. The summed E-state index contributed by atoms with van der Waals surface area (Å²) >= 11 is 5.73. The lowest BCUT2D eigenvalue weighted by Gasteiger charge is -2.03. The maximum Gasteiger partial charge on any atom is 0.260 e. The van der Waals surface area contributed by atoms with E-state index in [4.69, 9.17) is 16.0 Å². The van der Waals surface area contributed by atoms with E-state index in [0.717, 1.165) is 10.9 Å². The third kappa shape index (κ3) is 1.84. The normalized spacial score (nSPS) is 10.7. The smallest absolute Gasteiger partial charge is 0.260 e. The number of carbonyl (C=O) groups is 1. The molecule has 2 heterocycles. The van der Waals surface area contributed by atoms with Crippen molar-refractivity contribution in [2.24, 2.45) is 0 Å². The summed E-state index contributed by atoms with van der Waals surface area (Å²) in [6.07, 6.45) is 3.09. The van der Waals surface area contributed by atoms with Crippen molar-refractivity contribution in [2.45, 2.75) is 0 Å². The molecule has 5 nitrogen and oxygen atoms in total. The van der Waals surface area contributed by atoms with E-state index in [2.05, 4.69) is 15.5 Å². The lowest BCUT2D eigenvalue weighted by molar-refractivity contribution is 0.102. The highest BCUT2D eigenvalue weighted by Gasteiger charge is 2.13. The second-order valence-electron chi connectivity index (χ2n) is 3.73. The molecule has 0 bridgehead atoms. The lowest BCUT2D eigenvalue weighted by Crippen LogP contribution is -2.11. The molecule has 0 saturated carbocycles. The van der Waals surface area contributed by atoms with Crippen molar-refractivity contribution in [3.05, 3.63) is 47.5 Å². The Balaban J connectivity index is 1.88. The number of hydrogen-bond acceptors (Lipinski definition) is 3. The van der Waals surface area contributed by atoms with Gasteiger partial charge in [-0.15, -0.1) is 0 Å². The molecule has 0 aliphatic carbocycles. The van der Waals surface area contributed by atoms with E-state index in [1.54, 1.807) is 18.3 Å². The lowest BCUT2D eigenvalue weighted by atomic mass is 10.2. The van der Waals surface area contributed by atoms with E-state index >= 15 is 0 Å². The highest BCUT2D eigenvalue weighted by Crippen LogP contribution is 2.20. The maximum atomic E-state index is 11.9. The first-order chi connectivity index (χ1) is 8.74. The van der Waals surface area contributed by atoms with Crippen LogP contribution in [0.15, 0.2) is 41.1 Å². The molecule has 1 aromatic carbocycles. The number of benzene rings is 1. The van der Waals surface area contributed by atoms with E-state index in [0.29, 0.717) is 11.3 Å². The number of aromatic nitrogens is 2. The Morgan fingerprint density at radius 2 is 2.28 bits per heavy atom. The Labute approximate surface area is 107 Å². The molecule has 0 spiro atoms. The van der Waals surface area contributed by atoms with Gasteiger partial charge in [0.2, 0.25) is 5.22 Å². The van der Waals surface area contributed by atoms with Crippen molar-refractivity contribution < 1.29 is 9.21 Å². The maximum absolute atomic E-state index is 11.9. The summed E-state index contributed by atoms with van der Waals surface area (Å²) in [5.41, 5.74) is 1.82. The molecule has 1 amide bonds. The van der Waals surface area contributed by atoms with Gasteiger partial charge < -0.3 is 9.73 Å². The van der Waals surface area contributed by atoms with E-state index < -0.39 is 0 Å². The molecular formula is C12H8ClN3O2. The van der Waals surface area contributed by atoms with Crippen LogP contribution in [0.25, 0.3) is 10.9 Å². The highest BCUT2D eigenvalue weighted by molar-refractivity contribution is 6.32. The minimum absolute atomic E-state index is 0.0788. The Kier molecular flexibility index (Phi) is 2.53. The fourth-order valence-corrected chi connectivity index (χ4v) is 1.87. The van der Waals surface area contributed by atoms with Crippen LogP contribution in [0.2, 0.25) is 5.22 Å². The Hall–Kier alpha value is -2.27. The van der Waals surface area contributed by atoms with Crippen LogP contribution in [0, 0.1) is 0 Å². The number of nitrogens with one attached hydrogen (secondary N) is 2. The number of anilines is 1. The van der Waals surface area contributed by atoms with Crippen LogP contribution in [0.3, 0.4) is 0 Å². The summed E-state index contributed by atoms with van der Waals surface area (Å²) in [6.45, 7) is 0. The zero-order valence-corrected chi connectivity index (χ0v) is 9.86. The molecule has 18 heavy (non-hydrogen) atoms. The number of fused-ring (bicyclic) bond motifs is 1. The van der Waals surface area contributed by atoms with Crippen LogP contribution < -0.4 is 5.32 Å².